The zero-order chi connectivity index (χ0) is 15.1. The molecule has 1 aliphatic heterocycles. The molecule has 0 fully saturated rings. The van der Waals surface area contributed by atoms with E-state index in [4.69, 9.17) is 16.2 Å². The Labute approximate surface area is 112 Å². The fourth-order valence-electron chi connectivity index (χ4n) is 2.29. The van der Waals surface area contributed by atoms with Crippen LogP contribution in [0.15, 0.2) is 23.2 Å². The lowest BCUT2D eigenvalue weighted by Gasteiger charge is -2.38. The molecule has 20 heavy (non-hydrogen) atoms. The molecule has 0 saturated heterocycles. The number of nitrogens with zero attached hydrogens (tertiary/aromatic N) is 1. The van der Waals surface area contributed by atoms with Gasteiger partial charge >= 0.3 is 6.18 Å². The number of halogens is 4. The van der Waals surface area contributed by atoms with Crippen molar-refractivity contribution in [3.63, 3.8) is 0 Å². The van der Waals surface area contributed by atoms with Crippen molar-refractivity contribution >= 4 is 11.7 Å². The van der Waals surface area contributed by atoms with Crippen molar-refractivity contribution in [3.05, 3.63) is 29.6 Å². The van der Waals surface area contributed by atoms with Gasteiger partial charge in [0.05, 0.1) is 0 Å². The highest BCUT2D eigenvalue weighted by atomic mass is 19.4. The first-order chi connectivity index (χ1) is 9.15. The predicted octanol–water partition coefficient (Wildman–Crippen LogP) is 2.29. The van der Waals surface area contributed by atoms with Crippen molar-refractivity contribution in [2.24, 2.45) is 10.7 Å². The van der Waals surface area contributed by atoms with Crippen LogP contribution in [0.3, 0.4) is 0 Å². The third-order valence-electron chi connectivity index (χ3n) is 3.11. The molecule has 1 aromatic rings. The second-order valence-electron chi connectivity index (χ2n) is 4.68. The number of anilines is 1. The Balaban J connectivity index is 2.71. The molecule has 0 unspecified atom stereocenters. The van der Waals surface area contributed by atoms with Crippen LogP contribution < -0.4 is 11.5 Å². The fourth-order valence-corrected chi connectivity index (χ4v) is 2.29. The minimum Gasteiger partial charge on any atom is -0.462 e. The molecule has 0 radical (unpaired) electrons. The SMILES string of the molecule is C[C@@H]1C[C@](c2cc(N)ccc2F)(C(F)(F)F)N=C(N)O1. The summed E-state index contributed by atoms with van der Waals surface area (Å²) in [5, 5.41) is 0. The lowest BCUT2D eigenvalue weighted by molar-refractivity contribution is -0.200. The largest absolute Gasteiger partial charge is 0.462 e. The normalized spacial score (nSPS) is 26.9. The van der Waals surface area contributed by atoms with Crippen molar-refractivity contribution < 1.29 is 22.3 Å². The third-order valence-corrected chi connectivity index (χ3v) is 3.11. The monoisotopic (exact) mass is 291 g/mol. The van der Waals surface area contributed by atoms with Gasteiger partial charge in [-0.05, 0) is 25.1 Å². The average Bonchev–Trinajstić information content (AvgIpc) is 2.29. The topological polar surface area (TPSA) is 73.6 Å². The lowest BCUT2D eigenvalue weighted by Crippen LogP contribution is -2.49. The van der Waals surface area contributed by atoms with Crippen LogP contribution in [0, 0.1) is 5.82 Å². The molecule has 1 aliphatic rings. The highest BCUT2D eigenvalue weighted by molar-refractivity contribution is 5.73. The van der Waals surface area contributed by atoms with E-state index in [9.17, 15) is 17.6 Å². The Bertz CT molecular complexity index is 558. The number of benzene rings is 1. The summed E-state index contributed by atoms with van der Waals surface area (Å²) < 4.78 is 59.3. The van der Waals surface area contributed by atoms with Gasteiger partial charge in [0.2, 0.25) is 0 Å². The van der Waals surface area contributed by atoms with Gasteiger partial charge in [-0.2, -0.15) is 13.2 Å². The van der Waals surface area contributed by atoms with Gasteiger partial charge in [0.1, 0.15) is 11.9 Å². The summed E-state index contributed by atoms with van der Waals surface area (Å²) in [7, 11) is 0. The molecule has 2 atom stereocenters. The Morgan fingerprint density at radius 3 is 2.55 bits per heavy atom. The highest BCUT2D eigenvalue weighted by Gasteiger charge is 2.60. The summed E-state index contributed by atoms with van der Waals surface area (Å²) >= 11 is 0. The Morgan fingerprint density at radius 1 is 1.35 bits per heavy atom. The van der Waals surface area contributed by atoms with Crippen LogP contribution in [0.25, 0.3) is 0 Å². The van der Waals surface area contributed by atoms with E-state index in [-0.39, 0.29) is 5.69 Å². The first kappa shape index (κ1) is 14.4. The number of aliphatic imine (C=N–C) groups is 1. The zero-order valence-corrected chi connectivity index (χ0v) is 10.5. The van der Waals surface area contributed by atoms with Crippen molar-refractivity contribution in [1.82, 2.24) is 0 Å². The van der Waals surface area contributed by atoms with Crippen LogP contribution in [0.2, 0.25) is 0 Å². The fraction of sp³-hybridized carbons (Fsp3) is 0.417. The molecule has 0 bridgehead atoms. The number of rotatable bonds is 1. The number of alkyl halides is 3. The number of hydrogen-bond donors (Lipinski definition) is 2. The molecule has 4 N–H and O–H groups in total. The minimum atomic E-state index is -4.83. The van der Waals surface area contributed by atoms with E-state index in [0.29, 0.717) is 0 Å². The van der Waals surface area contributed by atoms with Crippen LogP contribution in [0.4, 0.5) is 23.2 Å². The molecule has 0 spiro atoms. The predicted molar refractivity (Wildman–Crippen MR) is 65.3 cm³/mol. The number of nitrogen functional groups attached to an aromatic ring is 1. The second-order valence-corrected chi connectivity index (χ2v) is 4.68. The molecule has 0 aliphatic carbocycles. The van der Waals surface area contributed by atoms with E-state index in [1.54, 1.807) is 0 Å². The molecule has 110 valence electrons. The average molecular weight is 291 g/mol. The standard InChI is InChI=1S/C12H13F4N3O/c1-6-5-11(12(14,15)16,19-10(18)20-6)8-4-7(17)2-3-9(8)13/h2-4,6H,5,17H2,1H3,(H2,18,19)/t6-,11+/m1/s1. The first-order valence-corrected chi connectivity index (χ1v) is 5.80. The van der Waals surface area contributed by atoms with Crippen LogP contribution >= 0.6 is 0 Å². The maximum atomic E-state index is 13.9. The Kier molecular flexibility index (Phi) is 3.27. The van der Waals surface area contributed by atoms with Gasteiger partial charge in [-0.3, -0.25) is 0 Å². The van der Waals surface area contributed by atoms with E-state index in [1.807, 2.05) is 0 Å². The van der Waals surface area contributed by atoms with Gasteiger partial charge in [0.15, 0.2) is 5.54 Å². The Morgan fingerprint density at radius 2 is 2.00 bits per heavy atom. The minimum absolute atomic E-state index is 0.0120. The maximum absolute atomic E-state index is 13.9. The summed E-state index contributed by atoms with van der Waals surface area (Å²) in [4.78, 5) is 3.36. The molecule has 0 aromatic heterocycles. The molecule has 4 nitrogen and oxygen atoms in total. The van der Waals surface area contributed by atoms with E-state index in [1.165, 1.54) is 13.0 Å². The quantitative estimate of drug-likeness (QED) is 0.616. The Hall–Kier alpha value is -1.99. The van der Waals surface area contributed by atoms with Crippen molar-refractivity contribution in [3.8, 4) is 0 Å². The molecule has 0 amide bonds. The third kappa shape index (κ3) is 2.25. The summed E-state index contributed by atoms with van der Waals surface area (Å²) in [6.07, 6.45) is -6.25. The summed E-state index contributed by atoms with van der Waals surface area (Å²) in [6.45, 7) is 1.41. The zero-order valence-electron chi connectivity index (χ0n) is 10.5. The van der Waals surface area contributed by atoms with Gasteiger partial charge in [-0.1, -0.05) is 0 Å². The summed E-state index contributed by atoms with van der Waals surface area (Å²) in [5.74, 6) is -1.04. The number of nitrogens with two attached hydrogens (primary N) is 2. The summed E-state index contributed by atoms with van der Waals surface area (Å²) in [5.41, 5.74) is 7.34. The van der Waals surface area contributed by atoms with E-state index in [2.05, 4.69) is 4.99 Å². The van der Waals surface area contributed by atoms with Crippen molar-refractivity contribution in [2.75, 3.05) is 5.73 Å². The van der Waals surface area contributed by atoms with Crippen molar-refractivity contribution in [2.45, 2.75) is 31.2 Å². The lowest BCUT2D eigenvalue weighted by atomic mass is 9.83. The molecule has 8 heteroatoms. The van der Waals surface area contributed by atoms with Gasteiger partial charge in [0.25, 0.3) is 6.02 Å². The highest BCUT2D eigenvalue weighted by Crippen LogP contribution is 2.48. The van der Waals surface area contributed by atoms with E-state index in [0.717, 1.165) is 12.1 Å². The van der Waals surface area contributed by atoms with Gasteiger partial charge in [0, 0.05) is 17.7 Å². The van der Waals surface area contributed by atoms with Gasteiger partial charge in [-0.15, -0.1) is 0 Å². The van der Waals surface area contributed by atoms with Crippen LogP contribution in [0.1, 0.15) is 18.9 Å². The second kappa shape index (κ2) is 4.53. The number of amidine groups is 1. The van der Waals surface area contributed by atoms with Crippen LogP contribution in [-0.4, -0.2) is 18.3 Å². The molecular weight excluding hydrogens is 278 g/mol. The number of ether oxygens (including phenoxy) is 1. The van der Waals surface area contributed by atoms with Gasteiger partial charge < -0.3 is 16.2 Å². The van der Waals surface area contributed by atoms with E-state index < -0.39 is 41.6 Å². The molecule has 1 heterocycles. The molecular formula is C12H13F4N3O. The van der Waals surface area contributed by atoms with Gasteiger partial charge in [-0.25, -0.2) is 9.38 Å². The molecule has 1 aromatic carbocycles. The molecule has 0 saturated carbocycles. The van der Waals surface area contributed by atoms with Crippen molar-refractivity contribution in [1.29, 1.82) is 0 Å². The van der Waals surface area contributed by atoms with E-state index >= 15 is 0 Å². The first-order valence-electron chi connectivity index (χ1n) is 5.80. The summed E-state index contributed by atoms with van der Waals surface area (Å²) in [6, 6.07) is 2.36. The molecule has 2 rings (SSSR count). The number of hydrogen-bond acceptors (Lipinski definition) is 4. The smallest absolute Gasteiger partial charge is 0.418 e. The van der Waals surface area contributed by atoms with Crippen LogP contribution in [-0.2, 0) is 10.3 Å². The maximum Gasteiger partial charge on any atom is 0.418 e. The van der Waals surface area contributed by atoms with Crippen LogP contribution in [0.5, 0.6) is 0 Å².